The van der Waals surface area contributed by atoms with Gasteiger partial charge in [0.25, 0.3) is 0 Å². The SMILES string of the molecule is Cc1cc(C)cc(OCCN(C)C(=O)CCCc2nc3ccccc3s2)c1. The maximum atomic E-state index is 12.3. The Morgan fingerprint density at radius 1 is 1.15 bits per heavy atom. The van der Waals surface area contributed by atoms with Crippen LogP contribution >= 0.6 is 11.3 Å². The molecule has 0 unspecified atom stereocenters. The molecular formula is C22H26N2O2S. The van der Waals surface area contributed by atoms with Crippen LogP contribution in [-0.4, -0.2) is 36.0 Å². The number of carbonyl (C=O) groups is 1. The molecule has 0 aliphatic rings. The quantitative estimate of drug-likeness (QED) is 0.563. The van der Waals surface area contributed by atoms with Crippen molar-refractivity contribution in [2.75, 3.05) is 20.2 Å². The molecule has 142 valence electrons. The van der Waals surface area contributed by atoms with E-state index in [1.165, 1.54) is 15.8 Å². The highest BCUT2D eigenvalue weighted by molar-refractivity contribution is 7.18. The number of amides is 1. The number of thiazole rings is 1. The second-order valence-electron chi connectivity index (χ2n) is 6.92. The Bertz CT molecular complexity index is 866. The van der Waals surface area contributed by atoms with Crippen molar-refractivity contribution < 1.29 is 9.53 Å². The molecule has 0 spiro atoms. The predicted molar refractivity (Wildman–Crippen MR) is 112 cm³/mol. The molecular weight excluding hydrogens is 356 g/mol. The molecule has 0 aliphatic heterocycles. The molecule has 3 aromatic rings. The third-order valence-electron chi connectivity index (χ3n) is 4.44. The van der Waals surface area contributed by atoms with E-state index >= 15 is 0 Å². The van der Waals surface area contributed by atoms with Gasteiger partial charge in [0.05, 0.1) is 21.8 Å². The number of benzene rings is 2. The first-order chi connectivity index (χ1) is 13.0. The minimum absolute atomic E-state index is 0.153. The fourth-order valence-electron chi connectivity index (χ4n) is 3.05. The molecule has 3 rings (SSSR count). The zero-order chi connectivity index (χ0) is 19.2. The summed E-state index contributed by atoms with van der Waals surface area (Å²) >= 11 is 1.72. The summed E-state index contributed by atoms with van der Waals surface area (Å²) in [4.78, 5) is 18.7. The zero-order valence-electron chi connectivity index (χ0n) is 16.2. The van der Waals surface area contributed by atoms with E-state index in [9.17, 15) is 4.79 Å². The van der Waals surface area contributed by atoms with Crippen LogP contribution in [0.4, 0.5) is 0 Å². The van der Waals surface area contributed by atoms with Gasteiger partial charge >= 0.3 is 0 Å². The average Bonchev–Trinajstić information content (AvgIpc) is 3.03. The maximum absolute atomic E-state index is 12.3. The number of hydrogen-bond donors (Lipinski definition) is 0. The highest BCUT2D eigenvalue weighted by Gasteiger charge is 2.10. The van der Waals surface area contributed by atoms with Gasteiger partial charge in [-0.2, -0.15) is 0 Å². The predicted octanol–water partition coefficient (Wildman–Crippen LogP) is 4.77. The van der Waals surface area contributed by atoms with E-state index in [4.69, 9.17) is 4.74 Å². The van der Waals surface area contributed by atoms with Gasteiger partial charge in [-0.05, 0) is 62.1 Å². The number of carbonyl (C=O) groups excluding carboxylic acids is 1. The minimum Gasteiger partial charge on any atom is -0.492 e. The molecule has 0 fully saturated rings. The first-order valence-electron chi connectivity index (χ1n) is 9.31. The first kappa shape index (κ1) is 19.4. The summed E-state index contributed by atoms with van der Waals surface area (Å²) in [6, 6.07) is 14.3. The Labute approximate surface area is 164 Å². The van der Waals surface area contributed by atoms with Gasteiger partial charge in [0, 0.05) is 13.5 Å². The molecule has 0 aliphatic carbocycles. The van der Waals surface area contributed by atoms with Gasteiger partial charge < -0.3 is 9.64 Å². The topological polar surface area (TPSA) is 42.4 Å². The van der Waals surface area contributed by atoms with E-state index in [0.717, 1.165) is 29.1 Å². The lowest BCUT2D eigenvalue weighted by molar-refractivity contribution is -0.130. The average molecular weight is 383 g/mol. The molecule has 1 aromatic heterocycles. The lowest BCUT2D eigenvalue weighted by Crippen LogP contribution is -2.30. The van der Waals surface area contributed by atoms with E-state index in [1.807, 2.05) is 37.4 Å². The van der Waals surface area contributed by atoms with Crippen LogP contribution in [0.2, 0.25) is 0 Å². The number of ether oxygens (including phenoxy) is 1. The summed E-state index contributed by atoms with van der Waals surface area (Å²) in [5, 5.41) is 1.10. The second kappa shape index (κ2) is 9.00. The number of nitrogens with zero attached hydrogens (tertiary/aromatic N) is 2. The fraction of sp³-hybridized carbons (Fsp3) is 0.364. The van der Waals surface area contributed by atoms with Crippen LogP contribution < -0.4 is 4.74 Å². The number of aryl methyl sites for hydroxylation is 3. The molecule has 1 amide bonds. The van der Waals surface area contributed by atoms with Crippen molar-refractivity contribution in [2.45, 2.75) is 33.1 Å². The molecule has 1 heterocycles. The van der Waals surface area contributed by atoms with Gasteiger partial charge in [-0.15, -0.1) is 11.3 Å². The Kier molecular flexibility index (Phi) is 6.45. The van der Waals surface area contributed by atoms with Crippen molar-refractivity contribution >= 4 is 27.5 Å². The third-order valence-corrected chi connectivity index (χ3v) is 5.53. The molecule has 0 radical (unpaired) electrons. The van der Waals surface area contributed by atoms with E-state index in [1.54, 1.807) is 16.2 Å². The number of likely N-dealkylation sites (N-methyl/N-ethyl adjacent to an activating group) is 1. The summed E-state index contributed by atoms with van der Waals surface area (Å²) in [6.07, 6.45) is 2.20. The smallest absolute Gasteiger partial charge is 0.222 e. The molecule has 4 nitrogen and oxygen atoms in total. The van der Waals surface area contributed by atoms with Crippen LogP contribution in [0.15, 0.2) is 42.5 Å². The molecule has 27 heavy (non-hydrogen) atoms. The lowest BCUT2D eigenvalue weighted by Gasteiger charge is -2.17. The summed E-state index contributed by atoms with van der Waals surface area (Å²) in [5.41, 5.74) is 3.41. The van der Waals surface area contributed by atoms with Crippen LogP contribution in [0.5, 0.6) is 5.75 Å². The Morgan fingerprint density at radius 3 is 2.63 bits per heavy atom. The van der Waals surface area contributed by atoms with Crippen molar-refractivity contribution in [3.05, 3.63) is 58.6 Å². The molecule has 0 saturated carbocycles. The van der Waals surface area contributed by atoms with Gasteiger partial charge in [0.1, 0.15) is 12.4 Å². The number of para-hydroxylation sites is 1. The van der Waals surface area contributed by atoms with Crippen LogP contribution in [0.25, 0.3) is 10.2 Å². The van der Waals surface area contributed by atoms with Crippen molar-refractivity contribution in [1.82, 2.24) is 9.88 Å². The van der Waals surface area contributed by atoms with Gasteiger partial charge in [-0.25, -0.2) is 4.98 Å². The lowest BCUT2D eigenvalue weighted by atomic mass is 10.1. The summed E-state index contributed by atoms with van der Waals surface area (Å²) < 4.78 is 7.00. The Hall–Kier alpha value is -2.40. The monoisotopic (exact) mass is 382 g/mol. The van der Waals surface area contributed by atoms with Crippen LogP contribution in [0.1, 0.15) is 29.0 Å². The van der Waals surface area contributed by atoms with Crippen molar-refractivity contribution in [1.29, 1.82) is 0 Å². The first-order valence-corrected chi connectivity index (χ1v) is 10.1. The van der Waals surface area contributed by atoms with Crippen LogP contribution in [0, 0.1) is 13.8 Å². The van der Waals surface area contributed by atoms with Crippen LogP contribution in [-0.2, 0) is 11.2 Å². The van der Waals surface area contributed by atoms with Gasteiger partial charge in [0.15, 0.2) is 0 Å². The number of hydrogen-bond acceptors (Lipinski definition) is 4. The third kappa shape index (κ3) is 5.54. The van der Waals surface area contributed by atoms with E-state index in [0.29, 0.717) is 19.6 Å². The van der Waals surface area contributed by atoms with Crippen molar-refractivity contribution in [2.24, 2.45) is 0 Å². The zero-order valence-corrected chi connectivity index (χ0v) is 17.0. The Morgan fingerprint density at radius 2 is 1.89 bits per heavy atom. The van der Waals surface area contributed by atoms with Crippen molar-refractivity contribution in [3.63, 3.8) is 0 Å². The molecule has 5 heteroatoms. The Balaban J connectivity index is 1.39. The summed E-state index contributed by atoms with van der Waals surface area (Å²) in [6.45, 7) is 5.21. The standard InChI is InChI=1S/C22H26N2O2S/c1-16-13-17(2)15-18(14-16)26-12-11-24(3)22(25)10-6-9-21-23-19-7-4-5-8-20(19)27-21/h4-5,7-8,13-15H,6,9-12H2,1-3H3. The number of fused-ring (bicyclic) bond motifs is 1. The van der Waals surface area contributed by atoms with Gasteiger partial charge in [-0.1, -0.05) is 18.2 Å². The number of rotatable bonds is 8. The molecule has 0 bridgehead atoms. The maximum Gasteiger partial charge on any atom is 0.222 e. The van der Waals surface area contributed by atoms with E-state index < -0.39 is 0 Å². The minimum atomic E-state index is 0.153. The van der Waals surface area contributed by atoms with E-state index in [2.05, 4.69) is 31.0 Å². The largest absolute Gasteiger partial charge is 0.492 e. The number of aromatic nitrogens is 1. The van der Waals surface area contributed by atoms with E-state index in [-0.39, 0.29) is 5.91 Å². The van der Waals surface area contributed by atoms with Gasteiger partial charge in [-0.3, -0.25) is 4.79 Å². The second-order valence-corrected chi connectivity index (χ2v) is 8.03. The normalized spacial score (nSPS) is 10.9. The fourth-order valence-corrected chi connectivity index (χ4v) is 4.06. The van der Waals surface area contributed by atoms with Crippen molar-refractivity contribution in [3.8, 4) is 5.75 Å². The summed E-state index contributed by atoms with van der Waals surface area (Å²) in [5.74, 6) is 1.02. The highest BCUT2D eigenvalue weighted by Crippen LogP contribution is 2.22. The summed E-state index contributed by atoms with van der Waals surface area (Å²) in [7, 11) is 1.84. The molecule has 0 N–H and O–H groups in total. The van der Waals surface area contributed by atoms with Crippen LogP contribution in [0.3, 0.4) is 0 Å². The molecule has 2 aromatic carbocycles. The molecule has 0 saturated heterocycles. The highest BCUT2D eigenvalue weighted by atomic mass is 32.1. The molecule has 0 atom stereocenters. The van der Waals surface area contributed by atoms with Gasteiger partial charge in [0.2, 0.25) is 5.91 Å².